The Morgan fingerprint density at radius 3 is 1.94 bits per heavy atom. The first-order valence-electron chi connectivity index (χ1n) is 6.10. The number of rotatable bonds is 2. The Morgan fingerprint density at radius 2 is 1.50 bits per heavy atom. The summed E-state index contributed by atoms with van der Waals surface area (Å²) in [5.74, 6) is -0.261. The average Bonchev–Trinajstić information content (AvgIpc) is 2.48. The Bertz CT molecular complexity index is 417. The van der Waals surface area contributed by atoms with Gasteiger partial charge in [0.25, 0.3) is 0 Å². The molecule has 0 bridgehead atoms. The molecule has 0 amide bonds. The van der Waals surface area contributed by atoms with Crippen LogP contribution in [-0.4, -0.2) is 18.3 Å². The third kappa shape index (κ3) is 2.59. The second-order valence-corrected chi connectivity index (χ2v) is 6.95. The molecule has 1 heterocycles. The highest BCUT2D eigenvalue weighted by Crippen LogP contribution is 2.39. The van der Waals surface area contributed by atoms with Crippen molar-refractivity contribution in [1.82, 2.24) is 0 Å². The van der Waals surface area contributed by atoms with Crippen molar-refractivity contribution in [2.24, 2.45) is 5.73 Å². The first kappa shape index (κ1) is 14.3. The summed E-state index contributed by atoms with van der Waals surface area (Å²) in [7, 11) is -0.393. The van der Waals surface area contributed by atoms with E-state index in [2.05, 4.69) is 22.6 Å². The van der Waals surface area contributed by atoms with E-state index in [0.29, 0.717) is 0 Å². The van der Waals surface area contributed by atoms with Crippen LogP contribution in [0.5, 0.6) is 0 Å². The zero-order valence-electron chi connectivity index (χ0n) is 11.2. The van der Waals surface area contributed by atoms with Crippen LogP contribution < -0.4 is 5.73 Å². The summed E-state index contributed by atoms with van der Waals surface area (Å²) >= 11 is 2.28. The molecular weight excluding hydrogens is 340 g/mol. The molecule has 2 rings (SSSR count). The van der Waals surface area contributed by atoms with Crippen molar-refractivity contribution in [3.8, 4) is 0 Å². The van der Waals surface area contributed by atoms with Crippen LogP contribution >= 0.6 is 22.6 Å². The summed E-state index contributed by atoms with van der Waals surface area (Å²) in [6, 6.07) is 8.14. The predicted octanol–water partition coefficient (Wildman–Crippen LogP) is 2.92. The number of halogens is 1. The molecule has 1 aromatic rings. The van der Waals surface area contributed by atoms with E-state index in [-0.39, 0.29) is 17.1 Å². The van der Waals surface area contributed by atoms with Gasteiger partial charge in [-0.15, -0.1) is 0 Å². The second kappa shape index (κ2) is 4.78. The molecule has 0 unspecified atom stereocenters. The number of benzene rings is 1. The molecule has 0 spiro atoms. The van der Waals surface area contributed by atoms with Gasteiger partial charge in [0, 0.05) is 3.57 Å². The Morgan fingerprint density at radius 1 is 1.06 bits per heavy atom. The molecule has 1 saturated heterocycles. The zero-order chi connectivity index (χ0) is 13.6. The molecule has 1 aromatic carbocycles. The van der Waals surface area contributed by atoms with Gasteiger partial charge in [0.05, 0.1) is 17.1 Å². The summed E-state index contributed by atoms with van der Waals surface area (Å²) in [6.45, 7) is 8.14. The Balaban J connectivity index is 2.17. The van der Waals surface area contributed by atoms with E-state index in [4.69, 9.17) is 15.0 Å². The lowest BCUT2D eigenvalue weighted by Crippen LogP contribution is -2.41. The lowest BCUT2D eigenvalue weighted by molar-refractivity contribution is 0.00578. The van der Waals surface area contributed by atoms with E-state index in [1.807, 2.05) is 52.0 Å². The number of hydrogen-bond donors (Lipinski definition) is 1. The Hall–Kier alpha value is -0.105. The van der Waals surface area contributed by atoms with Crippen LogP contribution in [0.4, 0.5) is 0 Å². The highest BCUT2D eigenvalue weighted by molar-refractivity contribution is 14.1. The summed E-state index contributed by atoms with van der Waals surface area (Å²) in [4.78, 5) is 0. The van der Waals surface area contributed by atoms with Gasteiger partial charge in [-0.1, -0.05) is 12.1 Å². The van der Waals surface area contributed by atoms with Gasteiger partial charge in [-0.05, 0) is 68.0 Å². The van der Waals surface area contributed by atoms with E-state index in [0.717, 1.165) is 5.56 Å². The summed E-state index contributed by atoms with van der Waals surface area (Å²) < 4.78 is 13.1. The predicted molar refractivity (Wildman–Crippen MR) is 82.2 cm³/mol. The molecule has 3 nitrogen and oxygen atoms in total. The molecule has 2 N–H and O–H groups in total. The van der Waals surface area contributed by atoms with Gasteiger partial charge in [-0.25, -0.2) is 0 Å². The zero-order valence-corrected chi connectivity index (χ0v) is 13.4. The monoisotopic (exact) mass is 359 g/mol. The van der Waals surface area contributed by atoms with Crippen molar-refractivity contribution in [1.29, 1.82) is 0 Å². The first-order valence-corrected chi connectivity index (χ1v) is 7.17. The third-order valence-electron chi connectivity index (χ3n) is 3.82. The SMILES string of the molecule is CC1(C)OB([C@H](N)c2ccc(I)cc2)OC1(C)C. The first-order chi connectivity index (χ1) is 8.23. The van der Waals surface area contributed by atoms with Crippen molar-refractivity contribution in [3.05, 3.63) is 33.4 Å². The van der Waals surface area contributed by atoms with Crippen molar-refractivity contribution in [2.45, 2.75) is 44.8 Å². The maximum atomic E-state index is 6.24. The van der Waals surface area contributed by atoms with Gasteiger partial charge < -0.3 is 15.0 Å². The van der Waals surface area contributed by atoms with Crippen LogP contribution in [0.25, 0.3) is 0 Å². The number of hydrogen-bond acceptors (Lipinski definition) is 3. The fourth-order valence-electron chi connectivity index (χ4n) is 1.88. The summed E-state index contributed by atoms with van der Waals surface area (Å²) in [5, 5.41) is 0. The van der Waals surface area contributed by atoms with Crippen LogP contribution in [-0.2, 0) is 9.31 Å². The molecule has 1 atom stereocenters. The normalized spacial score (nSPS) is 23.1. The molecule has 0 radical (unpaired) electrons. The third-order valence-corrected chi connectivity index (χ3v) is 4.54. The van der Waals surface area contributed by atoms with Gasteiger partial charge in [0.2, 0.25) is 0 Å². The second-order valence-electron chi connectivity index (χ2n) is 5.70. The van der Waals surface area contributed by atoms with Crippen LogP contribution in [0.2, 0.25) is 0 Å². The lowest BCUT2D eigenvalue weighted by Gasteiger charge is -2.32. The van der Waals surface area contributed by atoms with E-state index >= 15 is 0 Å². The van der Waals surface area contributed by atoms with E-state index in [9.17, 15) is 0 Å². The van der Waals surface area contributed by atoms with Crippen molar-refractivity contribution >= 4 is 29.7 Å². The highest BCUT2D eigenvalue weighted by Gasteiger charge is 2.53. The lowest BCUT2D eigenvalue weighted by atomic mass is 9.75. The average molecular weight is 359 g/mol. The maximum Gasteiger partial charge on any atom is 0.480 e. The van der Waals surface area contributed by atoms with Crippen LogP contribution in [0.15, 0.2) is 24.3 Å². The van der Waals surface area contributed by atoms with Gasteiger partial charge in [-0.3, -0.25) is 0 Å². The molecule has 1 fully saturated rings. The standard InChI is InChI=1S/C13H19BINO2/c1-12(2)13(3,4)18-14(17-12)11(16)9-5-7-10(15)8-6-9/h5-8,11H,16H2,1-4H3/t11-/m1/s1. The minimum atomic E-state index is -0.393. The Labute approximate surface area is 123 Å². The van der Waals surface area contributed by atoms with Gasteiger partial charge in [0.1, 0.15) is 0 Å². The maximum absolute atomic E-state index is 6.24. The molecule has 0 aliphatic carbocycles. The molecular formula is C13H19BINO2. The van der Waals surface area contributed by atoms with E-state index < -0.39 is 7.12 Å². The van der Waals surface area contributed by atoms with Crippen LogP contribution in [0.3, 0.4) is 0 Å². The molecule has 98 valence electrons. The van der Waals surface area contributed by atoms with Crippen LogP contribution in [0.1, 0.15) is 39.2 Å². The highest BCUT2D eigenvalue weighted by atomic mass is 127. The van der Waals surface area contributed by atoms with Crippen molar-refractivity contribution in [3.63, 3.8) is 0 Å². The van der Waals surface area contributed by atoms with E-state index in [1.54, 1.807) is 0 Å². The van der Waals surface area contributed by atoms with Gasteiger partial charge in [0.15, 0.2) is 0 Å². The fourth-order valence-corrected chi connectivity index (χ4v) is 2.24. The van der Waals surface area contributed by atoms with Crippen molar-refractivity contribution < 1.29 is 9.31 Å². The molecule has 18 heavy (non-hydrogen) atoms. The molecule has 5 heteroatoms. The minimum absolute atomic E-state index is 0.261. The largest absolute Gasteiger partial charge is 0.480 e. The molecule has 1 aliphatic heterocycles. The molecule has 1 aliphatic rings. The quantitative estimate of drug-likeness (QED) is 0.653. The van der Waals surface area contributed by atoms with E-state index in [1.165, 1.54) is 3.57 Å². The minimum Gasteiger partial charge on any atom is -0.402 e. The fraction of sp³-hybridized carbons (Fsp3) is 0.538. The number of nitrogens with two attached hydrogens (primary N) is 1. The Kier molecular flexibility index (Phi) is 3.80. The van der Waals surface area contributed by atoms with Gasteiger partial charge >= 0.3 is 7.12 Å². The smallest absolute Gasteiger partial charge is 0.402 e. The topological polar surface area (TPSA) is 44.5 Å². The van der Waals surface area contributed by atoms with Crippen molar-refractivity contribution in [2.75, 3.05) is 0 Å². The summed E-state index contributed by atoms with van der Waals surface area (Å²) in [6.07, 6.45) is 0. The molecule has 0 saturated carbocycles. The van der Waals surface area contributed by atoms with Gasteiger partial charge in [-0.2, -0.15) is 0 Å². The summed E-state index contributed by atoms with van der Waals surface area (Å²) in [5.41, 5.74) is 6.61. The molecule has 0 aromatic heterocycles. The van der Waals surface area contributed by atoms with Crippen LogP contribution in [0, 0.1) is 3.57 Å².